The fraction of sp³-hybridized carbons (Fsp3) is 0.400. The van der Waals surface area contributed by atoms with E-state index < -0.39 is 5.97 Å². The maximum Gasteiger partial charge on any atom is 0.338 e. The Morgan fingerprint density at radius 2 is 1.95 bits per heavy atom. The molecule has 120 valence electrons. The first-order valence-corrected chi connectivity index (χ1v) is 7.22. The van der Waals surface area contributed by atoms with Crippen molar-refractivity contribution in [2.45, 2.75) is 33.3 Å². The van der Waals surface area contributed by atoms with Crippen molar-refractivity contribution in [1.82, 2.24) is 5.32 Å². The van der Waals surface area contributed by atoms with Crippen LogP contribution >= 0.6 is 11.6 Å². The number of hydrogen-bond acceptors (Lipinski definition) is 4. The standard InChI is InChI=1S/C15H19ClN2O4/c1-9(2)22-15(21)11-4-5-12(16)13(8-11)18-14(20)6-7-17-10(3)19/h4-5,8-9H,6-7H2,1-3H3,(H,17,19)(H,18,20). The molecular formula is C15H19ClN2O4. The molecule has 0 saturated heterocycles. The van der Waals surface area contributed by atoms with E-state index in [0.29, 0.717) is 16.3 Å². The van der Waals surface area contributed by atoms with E-state index in [1.165, 1.54) is 25.1 Å². The molecule has 1 aromatic carbocycles. The first kappa shape index (κ1) is 18.0. The zero-order valence-electron chi connectivity index (χ0n) is 12.7. The van der Waals surface area contributed by atoms with Crippen molar-refractivity contribution in [2.24, 2.45) is 0 Å². The normalized spacial score (nSPS) is 10.2. The van der Waals surface area contributed by atoms with Crippen molar-refractivity contribution in [3.63, 3.8) is 0 Å². The molecule has 22 heavy (non-hydrogen) atoms. The fourth-order valence-corrected chi connectivity index (χ4v) is 1.76. The van der Waals surface area contributed by atoms with E-state index in [4.69, 9.17) is 16.3 Å². The lowest BCUT2D eigenvalue weighted by Crippen LogP contribution is -2.25. The smallest absolute Gasteiger partial charge is 0.338 e. The number of amides is 2. The van der Waals surface area contributed by atoms with E-state index in [2.05, 4.69) is 10.6 Å². The van der Waals surface area contributed by atoms with Crippen LogP contribution in [-0.4, -0.2) is 30.4 Å². The lowest BCUT2D eigenvalue weighted by molar-refractivity contribution is -0.119. The third-order valence-electron chi connectivity index (χ3n) is 2.54. The Hall–Kier alpha value is -2.08. The number of rotatable bonds is 6. The van der Waals surface area contributed by atoms with Gasteiger partial charge in [0.15, 0.2) is 0 Å². The van der Waals surface area contributed by atoms with Crippen LogP contribution in [0, 0.1) is 0 Å². The monoisotopic (exact) mass is 326 g/mol. The Bertz CT molecular complexity index is 573. The zero-order chi connectivity index (χ0) is 16.7. The van der Waals surface area contributed by atoms with Crippen LogP contribution < -0.4 is 10.6 Å². The Balaban J connectivity index is 2.71. The quantitative estimate of drug-likeness (QED) is 0.786. The first-order valence-electron chi connectivity index (χ1n) is 6.84. The molecule has 1 aromatic rings. The Labute approximate surface area is 134 Å². The van der Waals surface area contributed by atoms with Crippen LogP contribution in [0.3, 0.4) is 0 Å². The highest BCUT2D eigenvalue weighted by Crippen LogP contribution is 2.23. The van der Waals surface area contributed by atoms with Gasteiger partial charge in [0.05, 0.1) is 22.4 Å². The minimum atomic E-state index is -0.486. The van der Waals surface area contributed by atoms with Crippen LogP contribution in [0.4, 0.5) is 5.69 Å². The number of carbonyl (C=O) groups excluding carboxylic acids is 3. The first-order chi connectivity index (χ1) is 10.3. The van der Waals surface area contributed by atoms with Crippen molar-refractivity contribution >= 4 is 35.1 Å². The van der Waals surface area contributed by atoms with Gasteiger partial charge in [0.25, 0.3) is 0 Å². The third-order valence-corrected chi connectivity index (χ3v) is 2.87. The summed E-state index contributed by atoms with van der Waals surface area (Å²) in [5, 5.41) is 5.44. The molecule has 0 aliphatic rings. The summed E-state index contributed by atoms with van der Waals surface area (Å²) in [7, 11) is 0. The molecule has 0 aromatic heterocycles. The minimum Gasteiger partial charge on any atom is -0.459 e. The molecular weight excluding hydrogens is 308 g/mol. The van der Waals surface area contributed by atoms with E-state index >= 15 is 0 Å². The van der Waals surface area contributed by atoms with Crippen molar-refractivity contribution in [3.8, 4) is 0 Å². The molecule has 6 nitrogen and oxygen atoms in total. The SMILES string of the molecule is CC(=O)NCCC(=O)Nc1cc(C(=O)OC(C)C)ccc1Cl. The van der Waals surface area contributed by atoms with E-state index in [0.717, 1.165) is 0 Å². The number of anilines is 1. The van der Waals surface area contributed by atoms with Crippen molar-refractivity contribution < 1.29 is 19.1 Å². The van der Waals surface area contributed by atoms with Crippen LogP contribution in [0.15, 0.2) is 18.2 Å². The number of carbonyl (C=O) groups is 3. The Morgan fingerprint density at radius 3 is 2.55 bits per heavy atom. The van der Waals surface area contributed by atoms with Crippen molar-refractivity contribution in [2.75, 3.05) is 11.9 Å². The average molecular weight is 327 g/mol. The second-order valence-electron chi connectivity index (χ2n) is 4.93. The summed E-state index contributed by atoms with van der Waals surface area (Å²) in [5.41, 5.74) is 0.628. The molecule has 0 unspecified atom stereocenters. The molecule has 0 radical (unpaired) electrons. The summed E-state index contributed by atoms with van der Waals surface area (Å²) in [6, 6.07) is 4.51. The molecule has 0 aliphatic heterocycles. The molecule has 0 fully saturated rings. The van der Waals surface area contributed by atoms with E-state index in [-0.39, 0.29) is 30.9 Å². The van der Waals surface area contributed by atoms with E-state index in [1.807, 2.05) is 0 Å². The summed E-state index contributed by atoms with van der Waals surface area (Å²) >= 11 is 6.00. The fourth-order valence-electron chi connectivity index (χ4n) is 1.59. The van der Waals surface area contributed by atoms with Crippen LogP contribution in [0.25, 0.3) is 0 Å². The molecule has 0 bridgehead atoms. The molecule has 0 aliphatic carbocycles. The van der Waals surface area contributed by atoms with Gasteiger partial charge in [-0.15, -0.1) is 0 Å². The summed E-state index contributed by atoms with van der Waals surface area (Å²) in [6.45, 7) is 5.10. The maximum absolute atomic E-state index is 11.8. The number of nitrogens with one attached hydrogen (secondary N) is 2. The Kier molecular flexibility index (Phi) is 6.85. The minimum absolute atomic E-state index is 0.108. The van der Waals surface area contributed by atoms with Crippen molar-refractivity contribution in [3.05, 3.63) is 28.8 Å². The summed E-state index contributed by atoms with van der Waals surface area (Å²) in [4.78, 5) is 34.3. The molecule has 0 spiro atoms. The topological polar surface area (TPSA) is 84.5 Å². The molecule has 2 amide bonds. The lowest BCUT2D eigenvalue weighted by atomic mass is 10.2. The number of benzene rings is 1. The maximum atomic E-state index is 11.8. The predicted octanol–water partition coefficient (Wildman–Crippen LogP) is 2.37. The summed E-state index contributed by atoms with van der Waals surface area (Å²) in [6.07, 6.45) is -0.129. The molecule has 0 saturated carbocycles. The Morgan fingerprint density at radius 1 is 1.27 bits per heavy atom. The van der Waals surface area contributed by atoms with E-state index in [9.17, 15) is 14.4 Å². The number of halogens is 1. The van der Waals surface area contributed by atoms with Gasteiger partial charge >= 0.3 is 5.97 Å². The van der Waals surface area contributed by atoms with Crippen molar-refractivity contribution in [1.29, 1.82) is 0 Å². The van der Waals surface area contributed by atoms with Gasteiger partial charge in [-0.1, -0.05) is 11.6 Å². The van der Waals surface area contributed by atoms with Crippen LogP contribution in [0.2, 0.25) is 5.02 Å². The average Bonchev–Trinajstić information content (AvgIpc) is 2.40. The zero-order valence-corrected chi connectivity index (χ0v) is 13.5. The van der Waals surface area contributed by atoms with Gasteiger partial charge in [0, 0.05) is 19.9 Å². The molecule has 1 rings (SSSR count). The van der Waals surface area contributed by atoms with Gasteiger partial charge in [-0.3, -0.25) is 9.59 Å². The lowest BCUT2D eigenvalue weighted by Gasteiger charge is -2.11. The largest absolute Gasteiger partial charge is 0.459 e. The highest BCUT2D eigenvalue weighted by Gasteiger charge is 2.13. The van der Waals surface area contributed by atoms with Gasteiger partial charge in [0.2, 0.25) is 11.8 Å². The van der Waals surface area contributed by atoms with Crippen LogP contribution in [0.1, 0.15) is 37.6 Å². The van der Waals surface area contributed by atoms with E-state index in [1.54, 1.807) is 13.8 Å². The van der Waals surface area contributed by atoms with Gasteiger partial charge in [-0.05, 0) is 32.0 Å². The second-order valence-corrected chi connectivity index (χ2v) is 5.34. The van der Waals surface area contributed by atoms with Crippen LogP contribution in [0.5, 0.6) is 0 Å². The molecule has 0 heterocycles. The highest BCUT2D eigenvalue weighted by molar-refractivity contribution is 6.33. The van der Waals surface area contributed by atoms with Crippen LogP contribution in [-0.2, 0) is 14.3 Å². The molecule has 7 heteroatoms. The number of esters is 1. The molecule has 0 atom stereocenters. The van der Waals surface area contributed by atoms with Gasteiger partial charge in [-0.2, -0.15) is 0 Å². The molecule has 2 N–H and O–H groups in total. The van der Waals surface area contributed by atoms with Gasteiger partial charge in [-0.25, -0.2) is 4.79 Å². The summed E-state index contributed by atoms with van der Waals surface area (Å²) < 4.78 is 5.09. The predicted molar refractivity (Wildman–Crippen MR) is 83.9 cm³/mol. The number of ether oxygens (including phenoxy) is 1. The van der Waals surface area contributed by atoms with Gasteiger partial charge in [0.1, 0.15) is 0 Å². The third kappa shape index (κ3) is 6.13. The summed E-state index contributed by atoms with van der Waals surface area (Å²) in [5.74, 6) is -1.00. The number of hydrogen-bond donors (Lipinski definition) is 2. The van der Waals surface area contributed by atoms with Gasteiger partial charge < -0.3 is 15.4 Å². The highest BCUT2D eigenvalue weighted by atomic mass is 35.5. The second kappa shape index (κ2) is 8.38.